The lowest BCUT2D eigenvalue weighted by molar-refractivity contribution is -0.135. The molecule has 1 amide bonds. The zero-order valence-corrected chi connectivity index (χ0v) is 18.4. The lowest BCUT2D eigenvalue weighted by Gasteiger charge is -2.39. The highest BCUT2D eigenvalue weighted by molar-refractivity contribution is 7.13. The Morgan fingerprint density at radius 3 is 2.27 bits per heavy atom. The highest BCUT2D eigenvalue weighted by Crippen LogP contribution is 2.26. The van der Waals surface area contributed by atoms with Crippen LogP contribution in [0.15, 0.2) is 66.0 Å². The molecule has 1 saturated heterocycles. The van der Waals surface area contributed by atoms with Crippen molar-refractivity contribution in [2.75, 3.05) is 40.3 Å². The van der Waals surface area contributed by atoms with Gasteiger partial charge in [-0.25, -0.2) is 4.98 Å². The molecule has 2 aromatic carbocycles. The minimum atomic E-state index is -0.215. The molecular formula is C24H28N4OS. The Morgan fingerprint density at radius 2 is 1.63 bits per heavy atom. The highest BCUT2D eigenvalue weighted by Gasteiger charge is 2.31. The van der Waals surface area contributed by atoms with Gasteiger partial charge in [0.05, 0.1) is 5.69 Å². The molecule has 156 valence electrons. The molecule has 1 fully saturated rings. The van der Waals surface area contributed by atoms with E-state index in [1.54, 1.807) is 16.2 Å². The molecule has 1 aliphatic heterocycles. The van der Waals surface area contributed by atoms with Gasteiger partial charge in [-0.15, -0.1) is 11.3 Å². The van der Waals surface area contributed by atoms with Crippen LogP contribution in [0, 0.1) is 0 Å². The number of hydrogen-bond acceptors (Lipinski definition) is 5. The number of hydrogen-bond donors (Lipinski definition) is 0. The fourth-order valence-corrected chi connectivity index (χ4v) is 4.71. The number of carbonyl (C=O) groups is 1. The molecule has 1 aliphatic rings. The lowest BCUT2D eigenvalue weighted by atomic mass is 10.0. The van der Waals surface area contributed by atoms with Crippen molar-refractivity contribution < 1.29 is 4.79 Å². The molecule has 0 radical (unpaired) electrons. The number of nitrogens with zero attached hydrogens (tertiary/aromatic N) is 4. The first-order valence-corrected chi connectivity index (χ1v) is 11.2. The van der Waals surface area contributed by atoms with Gasteiger partial charge in [0.2, 0.25) is 5.91 Å². The normalized spacial score (nSPS) is 16.3. The van der Waals surface area contributed by atoms with Crippen LogP contribution < -0.4 is 0 Å². The molecular weight excluding hydrogens is 392 g/mol. The van der Waals surface area contributed by atoms with Crippen LogP contribution in [0.3, 0.4) is 0 Å². The van der Waals surface area contributed by atoms with Gasteiger partial charge in [-0.2, -0.15) is 0 Å². The Kier molecular flexibility index (Phi) is 6.57. The number of amides is 1. The third kappa shape index (κ3) is 4.78. The highest BCUT2D eigenvalue weighted by atomic mass is 32.1. The van der Waals surface area contributed by atoms with E-state index < -0.39 is 0 Å². The number of benzene rings is 2. The first-order valence-electron chi connectivity index (χ1n) is 10.3. The number of likely N-dealkylation sites (N-methyl/N-ethyl adjacent to an activating group) is 1. The zero-order chi connectivity index (χ0) is 20.9. The Labute approximate surface area is 182 Å². The molecule has 0 saturated carbocycles. The van der Waals surface area contributed by atoms with E-state index in [0.29, 0.717) is 0 Å². The number of carbonyl (C=O) groups excluding carboxylic acids is 1. The summed E-state index contributed by atoms with van der Waals surface area (Å²) >= 11 is 1.70. The minimum Gasteiger partial charge on any atom is -0.347 e. The standard InChI is InChI=1S/C24H28N4OS/c1-26(2)24(29)22(19-9-5-3-6-10-19)28-15-13-27(14-16-28)17-21-18-30-23(25-21)20-11-7-4-8-12-20/h3-12,18,22H,13-17H2,1-2H3. The summed E-state index contributed by atoms with van der Waals surface area (Å²) in [5.74, 6) is 0.140. The number of rotatable bonds is 6. The van der Waals surface area contributed by atoms with Crippen LogP contribution >= 0.6 is 11.3 Å². The van der Waals surface area contributed by atoms with E-state index in [0.717, 1.165) is 49.0 Å². The van der Waals surface area contributed by atoms with Gasteiger partial charge in [-0.1, -0.05) is 60.7 Å². The van der Waals surface area contributed by atoms with Gasteiger partial charge in [0, 0.05) is 57.8 Å². The summed E-state index contributed by atoms with van der Waals surface area (Å²) < 4.78 is 0. The number of piperazine rings is 1. The Hall–Kier alpha value is -2.54. The number of thiazole rings is 1. The zero-order valence-electron chi connectivity index (χ0n) is 17.6. The van der Waals surface area contributed by atoms with Crippen molar-refractivity contribution in [1.82, 2.24) is 19.7 Å². The molecule has 0 N–H and O–H groups in total. The average molecular weight is 421 g/mol. The smallest absolute Gasteiger partial charge is 0.244 e. The fourth-order valence-electron chi connectivity index (χ4n) is 3.89. The molecule has 3 aromatic rings. The Balaban J connectivity index is 1.39. The van der Waals surface area contributed by atoms with Crippen molar-refractivity contribution >= 4 is 17.2 Å². The largest absolute Gasteiger partial charge is 0.347 e. The molecule has 0 spiro atoms. The van der Waals surface area contributed by atoms with Crippen molar-refractivity contribution in [3.8, 4) is 10.6 Å². The summed E-state index contributed by atoms with van der Waals surface area (Å²) in [4.78, 5) is 24.2. The molecule has 0 aliphatic carbocycles. The van der Waals surface area contributed by atoms with Crippen LogP contribution in [-0.2, 0) is 11.3 Å². The molecule has 30 heavy (non-hydrogen) atoms. The summed E-state index contributed by atoms with van der Waals surface area (Å²) in [6.07, 6.45) is 0. The number of aromatic nitrogens is 1. The van der Waals surface area contributed by atoms with E-state index in [2.05, 4.69) is 39.4 Å². The van der Waals surface area contributed by atoms with Crippen LogP contribution in [0.5, 0.6) is 0 Å². The van der Waals surface area contributed by atoms with E-state index in [1.807, 2.05) is 50.5 Å². The maximum atomic E-state index is 12.9. The average Bonchev–Trinajstić information content (AvgIpc) is 3.25. The molecule has 1 aromatic heterocycles. The SMILES string of the molecule is CN(C)C(=O)C(c1ccccc1)N1CCN(Cc2csc(-c3ccccc3)n2)CC1. The molecule has 2 heterocycles. The second-order valence-electron chi connectivity index (χ2n) is 7.87. The van der Waals surface area contributed by atoms with E-state index in [1.165, 1.54) is 5.56 Å². The third-order valence-electron chi connectivity index (χ3n) is 5.52. The van der Waals surface area contributed by atoms with Gasteiger partial charge in [0.15, 0.2) is 0 Å². The summed E-state index contributed by atoms with van der Waals surface area (Å²) in [7, 11) is 3.67. The molecule has 6 heteroatoms. The topological polar surface area (TPSA) is 39.7 Å². The van der Waals surface area contributed by atoms with Gasteiger partial charge in [-0.05, 0) is 5.56 Å². The first-order chi connectivity index (χ1) is 14.6. The quantitative estimate of drug-likeness (QED) is 0.609. The molecule has 5 nitrogen and oxygen atoms in total. The fraction of sp³-hybridized carbons (Fsp3) is 0.333. The van der Waals surface area contributed by atoms with Gasteiger partial charge < -0.3 is 4.90 Å². The van der Waals surface area contributed by atoms with Crippen LogP contribution in [-0.4, -0.2) is 65.9 Å². The van der Waals surface area contributed by atoms with Crippen LogP contribution in [0.1, 0.15) is 17.3 Å². The van der Waals surface area contributed by atoms with Crippen molar-refractivity contribution in [2.45, 2.75) is 12.6 Å². The predicted molar refractivity (Wildman–Crippen MR) is 122 cm³/mol. The molecule has 0 bridgehead atoms. The molecule has 4 rings (SSSR count). The predicted octanol–water partition coefficient (Wildman–Crippen LogP) is 3.76. The van der Waals surface area contributed by atoms with Crippen molar-refractivity contribution in [3.05, 3.63) is 77.3 Å². The van der Waals surface area contributed by atoms with Gasteiger partial charge in [0.25, 0.3) is 0 Å². The lowest BCUT2D eigenvalue weighted by Crippen LogP contribution is -2.50. The monoisotopic (exact) mass is 420 g/mol. The van der Waals surface area contributed by atoms with E-state index in [4.69, 9.17) is 4.98 Å². The van der Waals surface area contributed by atoms with E-state index in [9.17, 15) is 4.79 Å². The summed E-state index contributed by atoms with van der Waals surface area (Å²) in [5.41, 5.74) is 3.36. The van der Waals surface area contributed by atoms with Crippen LogP contribution in [0.4, 0.5) is 0 Å². The molecule has 1 atom stereocenters. The van der Waals surface area contributed by atoms with Crippen molar-refractivity contribution in [3.63, 3.8) is 0 Å². The summed E-state index contributed by atoms with van der Waals surface area (Å²) in [6.45, 7) is 4.46. The maximum Gasteiger partial charge on any atom is 0.244 e. The van der Waals surface area contributed by atoms with Crippen LogP contribution in [0.2, 0.25) is 0 Å². The van der Waals surface area contributed by atoms with Gasteiger partial charge in [0.1, 0.15) is 11.0 Å². The maximum absolute atomic E-state index is 12.9. The summed E-state index contributed by atoms with van der Waals surface area (Å²) in [5, 5.41) is 3.24. The third-order valence-corrected chi connectivity index (χ3v) is 6.46. The second kappa shape index (κ2) is 9.51. The van der Waals surface area contributed by atoms with E-state index >= 15 is 0 Å². The Bertz CT molecular complexity index is 950. The first kappa shape index (κ1) is 20.7. The van der Waals surface area contributed by atoms with E-state index in [-0.39, 0.29) is 11.9 Å². The molecule has 1 unspecified atom stereocenters. The van der Waals surface area contributed by atoms with Crippen molar-refractivity contribution in [2.24, 2.45) is 0 Å². The van der Waals surface area contributed by atoms with Gasteiger partial charge >= 0.3 is 0 Å². The van der Waals surface area contributed by atoms with Gasteiger partial charge in [-0.3, -0.25) is 14.6 Å². The van der Waals surface area contributed by atoms with Crippen LogP contribution in [0.25, 0.3) is 10.6 Å². The second-order valence-corrected chi connectivity index (χ2v) is 8.73. The minimum absolute atomic E-state index is 0.140. The Morgan fingerprint density at radius 1 is 1.00 bits per heavy atom. The summed E-state index contributed by atoms with van der Waals surface area (Å²) in [6, 6.07) is 20.2. The van der Waals surface area contributed by atoms with Crippen molar-refractivity contribution in [1.29, 1.82) is 0 Å².